The summed E-state index contributed by atoms with van der Waals surface area (Å²) in [7, 11) is 0. The molecule has 0 bridgehead atoms. The molecule has 0 spiro atoms. The minimum Gasteiger partial charge on any atom is -0.508 e. The summed E-state index contributed by atoms with van der Waals surface area (Å²) in [5, 5.41) is 23.7. The molecule has 4 nitrogen and oxygen atoms in total. The monoisotopic (exact) mass is 556 g/mol. The van der Waals surface area contributed by atoms with Gasteiger partial charge in [0.2, 0.25) is 0 Å². The third-order valence-corrected chi connectivity index (χ3v) is 10.6. The molecule has 0 amide bonds. The zero-order valence-corrected chi connectivity index (χ0v) is 24.0. The lowest BCUT2D eigenvalue weighted by Crippen LogP contribution is -2.50. The Morgan fingerprint density at radius 1 is 0.929 bits per heavy atom. The summed E-state index contributed by atoms with van der Waals surface area (Å²) in [6.45, 7) is 2.16. The Hall–Kier alpha value is -4.07. The fraction of sp³-hybridized carbons (Fsp3) is 0.342. The number of carbonyl (C=O) groups excluding carboxylic acids is 1. The van der Waals surface area contributed by atoms with E-state index in [0.717, 1.165) is 54.0 Å². The van der Waals surface area contributed by atoms with Gasteiger partial charge in [0, 0.05) is 5.41 Å². The first-order chi connectivity index (χ1) is 20.4. The van der Waals surface area contributed by atoms with E-state index in [1.54, 1.807) is 0 Å². The van der Waals surface area contributed by atoms with Crippen molar-refractivity contribution >= 4 is 16.7 Å². The molecular formula is C38H36O4. The quantitative estimate of drug-likeness (QED) is 0.201. The second-order valence-electron chi connectivity index (χ2n) is 12.6. The lowest BCUT2D eigenvalue weighted by atomic mass is 9.53. The third-order valence-electron chi connectivity index (χ3n) is 10.6. The number of phenols is 1. The molecule has 0 heterocycles. The minimum absolute atomic E-state index is 0.0608. The van der Waals surface area contributed by atoms with E-state index < -0.39 is 11.6 Å². The summed E-state index contributed by atoms with van der Waals surface area (Å²) in [5.41, 5.74) is 3.79. The Bertz CT molecular complexity index is 1730. The molecule has 1 unspecified atom stereocenters. The molecule has 0 saturated heterocycles. The van der Waals surface area contributed by atoms with E-state index in [4.69, 9.17) is 4.74 Å². The molecule has 4 aromatic rings. The molecule has 3 aliphatic carbocycles. The van der Waals surface area contributed by atoms with Gasteiger partial charge in [-0.05, 0) is 114 Å². The third kappa shape index (κ3) is 4.39. The molecule has 5 atom stereocenters. The van der Waals surface area contributed by atoms with Gasteiger partial charge in [0.15, 0.2) is 6.61 Å². The van der Waals surface area contributed by atoms with Crippen molar-refractivity contribution in [2.24, 2.45) is 17.3 Å². The van der Waals surface area contributed by atoms with Gasteiger partial charge < -0.3 is 14.9 Å². The summed E-state index contributed by atoms with van der Waals surface area (Å²) in [4.78, 5) is 13.3. The van der Waals surface area contributed by atoms with Crippen LogP contribution in [0.15, 0.2) is 84.9 Å². The molecule has 3 aliphatic rings. The van der Waals surface area contributed by atoms with Crippen LogP contribution in [0.4, 0.5) is 0 Å². The van der Waals surface area contributed by atoms with Crippen molar-refractivity contribution in [3.8, 4) is 28.7 Å². The summed E-state index contributed by atoms with van der Waals surface area (Å²) in [5.74, 6) is 7.56. The van der Waals surface area contributed by atoms with Crippen LogP contribution in [0.2, 0.25) is 0 Å². The maximum absolute atomic E-state index is 13.3. The normalized spacial score (nSPS) is 27.7. The van der Waals surface area contributed by atoms with Gasteiger partial charge >= 0.3 is 5.97 Å². The van der Waals surface area contributed by atoms with E-state index >= 15 is 0 Å². The Morgan fingerprint density at radius 2 is 1.74 bits per heavy atom. The summed E-state index contributed by atoms with van der Waals surface area (Å²) < 4.78 is 5.69. The van der Waals surface area contributed by atoms with Crippen LogP contribution in [-0.2, 0) is 11.2 Å². The highest BCUT2D eigenvalue weighted by atomic mass is 16.5. The second-order valence-corrected chi connectivity index (χ2v) is 12.6. The number of hydrogen-bond donors (Lipinski definition) is 2. The van der Waals surface area contributed by atoms with Crippen LogP contribution in [0.1, 0.15) is 66.4 Å². The Morgan fingerprint density at radius 3 is 2.60 bits per heavy atom. The largest absolute Gasteiger partial charge is 0.508 e. The number of aryl methyl sites for hydroxylation is 1. The maximum atomic E-state index is 13.3. The maximum Gasteiger partial charge on any atom is 0.339 e. The average molecular weight is 557 g/mol. The number of benzene rings is 4. The fourth-order valence-electron chi connectivity index (χ4n) is 8.43. The zero-order valence-electron chi connectivity index (χ0n) is 24.0. The van der Waals surface area contributed by atoms with E-state index in [-0.39, 0.29) is 12.0 Å². The number of rotatable bonds is 3. The van der Waals surface area contributed by atoms with Crippen LogP contribution >= 0.6 is 0 Å². The lowest BCUT2D eigenvalue weighted by molar-refractivity contribution is -0.0649. The summed E-state index contributed by atoms with van der Waals surface area (Å²) >= 11 is 0. The predicted octanol–water partition coefficient (Wildman–Crippen LogP) is 7.66. The molecule has 7 rings (SSSR count). The number of phenolic OH excluding ortho intramolecular Hbond substituents is 1. The molecule has 2 fully saturated rings. The van der Waals surface area contributed by atoms with Crippen molar-refractivity contribution in [2.75, 3.05) is 6.61 Å². The van der Waals surface area contributed by atoms with Crippen molar-refractivity contribution in [3.63, 3.8) is 0 Å². The van der Waals surface area contributed by atoms with Crippen molar-refractivity contribution < 1.29 is 19.7 Å². The van der Waals surface area contributed by atoms with E-state index in [1.165, 1.54) is 11.1 Å². The van der Waals surface area contributed by atoms with E-state index in [0.29, 0.717) is 35.5 Å². The lowest BCUT2D eigenvalue weighted by Gasteiger charge is -2.52. The fourth-order valence-corrected chi connectivity index (χ4v) is 8.43. The smallest absolute Gasteiger partial charge is 0.339 e. The second kappa shape index (κ2) is 10.3. The number of hydrogen-bond acceptors (Lipinski definition) is 4. The number of ether oxygens (including phenoxy) is 1. The van der Waals surface area contributed by atoms with Crippen molar-refractivity contribution in [1.29, 1.82) is 0 Å². The number of aliphatic hydroxyl groups is 1. The topological polar surface area (TPSA) is 66.8 Å². The minimum atomic E-state index is -1.09. The zero-order chi connectivity index (χ0) is 28.9. The molecule has 4 heteroatoms. The van der Waals surface area contributed by atoms with Gasteiger partial charge in [0.1, 0.15) is 11.4 Å². The van der Waals surface area contributed by atoms with Crippen LogP contribution in [0, 0.1) is 29.1 Å². The highest BCUT2D eigenvalue weighted by molar-refractivity contribution is 6.06. The van der Waals surface area contributed by atoms with Gasteiger partial charge in [0.25, 0.3) is 0 Å². The Balaban J connectivity index is 1.08. The predicted molar refractivity (Wildman–Crippen MR) is 165 cm³/mol. The molecule has 212 valence electrons. The van der Waals surface area contributed by atoms with Gasteiger partial charge in [-0.2, -0.15) is 0 Å². The van der Waals surface area contributed by atoms with E-state index in [9.17, 15) is 15.0 Å². The molecule has 2 saturated carbocycles. The van der Waals surface area contributed by atoms with Crippen molar-refractivity contribution in [3.05, 3.63) is 102 Å². The molecular weight excluding hydrogens is 520 g/mol. The number of aromatic hydroxyl groups is 1. The van der Waals surface area contributed by atoms with Crippen molar-refractivity contribution in [2.45, 2.75) is 57.0 Å². The summed E-state index contributed by atoms with van der Waals surface area (Å²) in [6.07, 6.45) is 5.57. The molecule has 0 radical (unpaired) electrons. The van der Waals surface area contributed by atoms with Crippen LogP contribution in [0.3, 0.4) is 0 Å². The average Bonchev–Trinajstić information content (AvgIpc) is 3.29. The standard InChI is InChI=1S/C38H36O4/c1-37-19-16-32-31-15-13-29(39)23-27(31)12-14-33(32)35(37)17-20-38(37,41)18-7-21-42-36(40)34-24-28(25-8-3-2-4-9-25)22-26-10-5-6-11-30(26)34/h2-6,8-11,13,15,22-24,32-33,35,39,41H,12,14,16-17,19-21H2,1H3/t32-,33-,35+,37+,38?/m1/s1. The van der Waals surface area contributed by atoms with Gasteiger partial charge in [-0.15, -0.1) is 0 Å². The van der Waals surface area contributed by atoms with Crippen LogP contribution < -0.4 is 0 Å². The number of esters is 1. The van der Waals surface area contributed by atoms with Gasteiger partial charge in [-0.1, -0.05) is 79.4 Å². The number of carbonyl (C=O) groups is 1. The molecule has 2 N–H and O–H groups in total. The van der Waals surface area contributed by atoms with E-state index in [1.807, 2.05) is 72.8 Å². The van der Waals surface area contributed by atoms with Gasteiger partial charge in [-0.25, -0.2) is 4.79 Å². The van der Waals surface area contributed by atoms with Gasteiger partial charge in [-0.3, -0.25) is 0 Å². The van der Waals surface area contributed by atoms with Crippen LogP contribution in [-0.4, -0.2) is 28.4 Å². The summed E-state index contributed by atoms with van der Waals surface area (Å²) in [6, 6.07) is 27.7. The van der Waals surface area contributed by atoms with Crippen molar-refractivity contribution in [1.82, 2.24) is 0 Å². The highest BCUT2D eigenvalue weighted by Crippen LogP contribution is 2.64. The highest BCUT2D eigenvalue weighted by Gasteiger charge is 2.61. The van der Waals surface area contributed by atoms with Crippen LogP contribution in [0.5, 0.6) is 5.75 Å². The Kier molecular flexibility index (Phi) is 6.59. The first kappa shape index (κ1) is 26.8. The first-order valence-corrected chi connectivity index (χ1v) is 15.2. The van der Waals surface area contributed by atoms with Crippen LogP contribution in [0.25, 0.3) is 21.9 Å². The molecule has 0 aromatic heterocycles. The SMILES string of the molecule is C[C@]12CC[C@@H]3c4ccc(O)cc4CC[C@H]3[C@@H]1CCC2(O)C#CCOC(=O)c1cc(-c2ccccc2)cc2ccccc12. The number of fused-ring (bicyclic) bond motifs is 6. The molecule has 4 aromatic carbocycles. The van der Waals surface area contributed by atoms with E-state index in [2.05, 4.69) is 30.9 Å². The Labute approximate surface area is 247 Å². The molecule has 0 aliphatic heterocycles. The van der Waals surface area contributed by atoms with Gasteiger partial charge in [0.05, 0.1) is 5.56 Å². The first-order valence-electron chi connectivity index (χ1n) is 15.2. The molecule has 42 heavy (non-hydrogen) atoms.